The first-order valence-corrected chi connectivity index (χ1v) is 8.64. The molecule has 0 radical (unpaired) electrons. The van der Waals surface area contributed by atoms with Crippen LogP contribution in [0.25, 0.3) is 0 Å². The third kappa shape index (κ3) is 3.22. The standard InChI is InChI=1S/C15H24N2O2S/c1-10-4-5-14(6-10)17-20(18,19)15-8-13(9-16)7-11(2)12(15)3/h7-8,10,14,17H,4-6,9,16H2,1-3H3. The second-order valence-electron chi connectivity index (χ2n) is 5.98. The predicted molar refractivity (Wildman–Crippen MR) is 80.9 cm³/mol. The summed E-state index contributed by atoms with van der Waals surface area (Å²) in [6.45, 7) is 6.29. The van der Waals surface area contributed by atoms with E-state index in [-0.39, 0.29) is 6.04 Å². The molecule has 20 heavy (non-hydrogen) atoms. The lowest BCUT2D eigenvalue weighted by Gasteiger charge is -2.16. The molecule has 4 nitrogen and oxygen atoms in total. The number of benzene rings is 1. The summed E-state index contributed by atoms with van der Waals surface area (Å²) in [4.78, 5) is 0.373. The lowest BCUT2D eigenvalue weighted by molar-refractivity contribution is 0.538. The van der Waals surface area contributed by atoms with E-state index in [1.165, 1.54) is 0 Å². The van der Waals surface area contributed by atoms with Crippen molar-refractivity contribution in [2.75, 3.05) is 0 Å². The SMILES string of the molecule is Cc1cc(CN)cc(S(=O)(=O)NC2CCC(C)C2)c1C. The van der Waals surface area contributed by atoms with Crippen molar-refractivity contribution in [2.45, 2.75) is 57.5 Å². The molecule has 0 saturated heterocycles. The first-order chi connectivity index (χ1) is 9.33. The van der Waals surface area contributed by atoms with Gasteiger partial charge in [-0.05, 0) is 61.8 Å². The van der Waals surface area contributed by atoms with Crippen molar-refractivity contribution in [3.63, 3.8) is 0 Å². The van der Waals surface area contributed by atoms with Crippen molar-refractivity contribution < 1.29 is 8.42 Å². The van der Waals surface area contributed by atoms with Crippen LogP contribution in [0.4, 0.5) is 0 Å². The fourth-order valence-electron chi connectivity index (χ4n) is 2.89. The zero-order valence-corrected chi connectivity index (χ0v) is 13.3. The van der Waals surface area contributed by atoms with Crippen molar-refractivity contribution >= 4 is 10.0 Å². The molecule has 0 bridgehead atoms. The van der Waals surface area contributed by atoms with Gasteiger partial charge in [0, 0.05) is 12.6 Å². The Morgan fingerprint density at radius 3 is 2.55 bits per heavy atom. The molecule has 112 valence electrons. The highest BCUT2D eigenvalue weighted by Gasteiger charge is 2.27. The van der Waals surface area contributed by atoms with E-state index in [1.807, 2.05) is 19.9 Å². The summed E-state index contributed by atoms with van der Waals surface area (Å²) in [5.74, 6) is 0.598. The van der Waals surface area contributed by atoms with Crippen LogP contribution < -0.4 is 10.5 Å². The number of nitrogens with one attached hydrogen (secondary N) is 1. The van der Waals surface area contributed by atoms with Gasteiger partial charge >= 0.3 is 0 Å². The molecule has 0 spiro atoms. The molecule has 2 unspecified atom stereocenters. The monoisotopic (exact) mass is 296 g/mol. The fourth-order valence-corrected chi connectivity index (χ4v) is 4.54. The molecule has 0 aromatic heterocycles. The molecular weight excluding hydrogens is 272 g/mol. The first-order valence-electron chi connectivity index (χ1n) is 7.16. The molecule has 1 aromatic carbocycles. The Morgan fingerprint density at radius 1 is 1.30 bits per heavy atom. The minimum absolute atomic E-state index is 0.0660. The number of nitrogens with two attached hydrogens (primary N) is 1. The van der Waals surface area contributed by atoms with E-state index in [2.05, 4.69) is 11.6 Å². The summed E-state index contributed by atoms with van der Waals surface area (Å²) in [6, 6.07) is 3.71. The molecule has 3 N–H and O–H groups in total. The van der Waals surface area contributed by atoms with Gasteiger partial charge in [0.15, 0.2) is 0 Å². The van der Waals surface area contributed by atoms with Crippen molar-refractivity contribution in [1.82, 2.24) is 4.72 Å². The average molecular weight is 296 g/mol. The smallest absolute Gasteiger partial charge is 0.241 e. The topological polar surface area (TPSA) is 72.2 Å². The second kappa shape index (κ2) is 5.84. The maximum atomic E-state index is 12.6. The van der Waals surface area contributed by atoms with Crippen LogP contribution in [0.5, 0.6) is 0 Å². The van der Waals surface area contributed by atoms with Crippen LogP contribution in [0.1, 0.15) is 42.9 Å². The van der Waals surface area contributed by atoms with E-state index in [0.29, 0.717) is 17.4 Å². The molecule has 1 aromatic rings. The number of aryl methyl sites for hydroxylation is 1. The molecule has 2 atom stereocenters. The lowest BCUT2D eigenvalue weighted by atomic mass is 10.1. The van der Waals surface area contributed by atoms with Gasteiger partial charge in [-0.2, -0.15) is 0 Å². The molecule has 1 aliphatic carbocycles. The summed E-state index contributed by atoms with van der Waals surface area (Å²) in [7, 11) is -3.46. The number of rotatable bonds is 4. The van der Waals surface area contributed by atoms with Gasteiger partial charge in [0.05, 0.1) is 4.90 Å². The third-order valence-corrected chi connectivity index (χ3v) is 5.87. The van der Waals surface area contributed by atoms with Crippen LogP contribution in [0.3, 0.4) is 0 Å². The molecule has 2 rings (SSSR count). The van der Waals surface area contributed by atoms with Crippen LogP contribution in [-0.2, 0) is 16.6 Å². The molecule has 1 aliphatic rings. The van der Waals surface area contributed by atoms with Gasteiger partial charge in [-0.3, -0.25) is 0 Å². The van der Waals surface area contributed by atoms with E-state index in [0.717, 1.165) is 36.0 Å². The maximum absolute atomic E-state index is 12.6. The minimum Gasteiger partial charge on any atom is -0.326 e. The maximum Gasteiger partial charge on any atom is 0.241 e. The zero-order valence-electron chi connectivity index (χ0n) is 12.4. The van der Waals surface area contributed by atoms with Crippen LogP contribution in [0.2, 0.25) is 0 Å². The Labute approximate surface area is 121 Å². The van der Waals surface area contributed by atoms with Crippen molar-refractivity contribution in [3.8, 4) is 0 Å². The highest BCUT2D eigenvalue weighted by atomic mass is 32.2. The summed E-state index contributed by atoms with van der Waals surface area (Å²) < 4.78 is 28.0. The normalized spacial score (nSPS) is 23.2. The van der Waals surface area contributed by atoms with Crippen molar-refractivity contribution in [2.24, 2.45) is 11.7 Å². The second-order valence-corrected chi connectivity index (χ2v) is 7.66. The summed E-state index contributed by atoms with van der Waals surface area (Å²) in [5, 5.41) is 0. The average Bonchev–Trinajstić information content (AvgIpc) is 2.76. The van der Waals surface area contributed by atoms with Crippen molar-refractivity contribution in [1.29, 1.82) is 0 Å². The highest BCUT2D eigenvalue weighted by molar-refractivity contribution is 7.89. The van der Waals surface area contributed by atoms with Crippen LogP contribution in [-0.4, -0.2) is 14.5 Å². The Kier molecular flexibility index (Phi) is 4.52. The lowest BCUT2D eigenvalue weighted by Crippen LogP contribution is -2.33. The van der Waals surface area contributed by atoms with Crippen LogP contribution in [0.15, 0.2) is 17.0 Å². The molecule has 0 heterocycles. The molecule has 1 fully saturated rings. The minimum atomic E-state index is -3.46. The van der Waals surface area contributed by atoms with Gasteiger partial charge in [-0.1, -0.05) is 13.0 Å². The largest absolute Gasteiger partial charge is 0.326 e. The van der Waals surface area contributed by atoms with Crippen LogP contribution in [0, 0.1) is 19.8 Å². The molecule has 0 amide bonds. The van der Waals surface area contributed by atoms with E-state index >= 15 is 0 Å². The van der Waals surface area contributed by atoms with Gasteiger partial charge in [-0.25, -0.2) is 13.1 Å². The zero-order chi connectivity index (χ0) is 14.9. The van der Waals surface area contributed by atoms with Gasteiger partial charge in [0.25, 0.3) is 0 Å². The Balaban J connectivity index is 2.31. The number of sulfonamides is 1. The quantitative estimate of drug-likeness (QED) is 0.895. The van der Waals surface area contributed by atoms with E-state index < -0.39 is 10.0 Å². The van der Waals surface area contributed by atoms with E-state index in [1.54, 1.807) is 6.07 Å². The highest BCUT2D eigenvalue weighted by Crippen LogP contribution is 2.27. The van der Waals surface area contributed by atoms with Gasteiger partial charge in [0.1, 0.15) is 0 Å². The molecule has 5 heteroatoms. The van der Waals surface area contributed by atoms with Gasteiger partial charge < -0.3 is 5.73 Å². The number of hydrogen-bond acceptors (Lipinski definition) is 3. The van der Waals surface area contributed by atoms with Crippen LogP contribution >= 0.6 is 0 Å². The molecule has 0 aliphatic heterocycles. The summed E-state index contributed by atoms with van der Waals surface area (Å²) in [5.41, 5.74) is 8.27. The Morgan fingerprint density at radius 2 is 2.00 bits per heavy atom. The van der Waals surface area contributed by atoms with E-state index in [4.69, 9.17) is 5.73 Å². The summed E-state index contributed by atoms with van der Waals surface area (Å²) in [6.07, 6.45) is 2.94. The summed E-state index contributed by atoms with van der Waals surface area (Å²) >= 11 is 0. The van der Waals surface area contributed by atoms with Gasteiger partial charge in [0.2, 0.25) is 10.0 Å². The van der Waals surface area contributed by atoms with Gasteiger partial charge in [-0.15, -0.1) is 0 Å². The Hall–Kier alpha value is -0.910. The molecular formula is C15H24N2O2S. The fraction of sp³-hybridized carbons (Fsp3) is 0.600. The first kappa shape index (κ1) is 15.5. The predicted octanol–water partition coefficient (Wildman–Crippen LogP) is 2.23. The number of hydrogen-bond donors (Lipinski definition) is 2. The van der Waals surface area contributed by atoms with E-state index in [9.17, 15) is 8.42 Å². The third-order valence-electron chi connectivity index (χ3n) is 4.22. The molecule has 1 saturated carbocycles. The van der Waals surface area contributed by atoms with Crippen molar-refractivity contribution in [3.05, 3.63) is 28.8 Å². The Bertz CT molecular complexity index is 596.